The number of hydrogen-bond acceptors (Lipinski definition) is 4. The molecule has 4 heteroatoms. The summed E-state index contributed by atoms with van der Waals surface area (Å²) < 4.78 is 5.02. The first-order valence-electron chi connectivity index (χ1n) is 4.52. The number of ether oxygens (including phenoxy) is 1. The van der Waals surface area contributed by atoms with E-state index in [-0.39, 0.29) is 0 Å². The van der Waals surface area contributed by atoms with E-state index in [9.17, 15) is 0 Å². The van der Waals surface area contributed by atoms with Gasteiger partial charge in [-0.1, -0.05) is 6.07 Å². The van der Waals surface area contributed by atoms with Crippen LogP contribution >= 0.6 is 0 Å². The summed E-state index contributed by atoms with van der Waals surface area (Å²) in [5, 5.41) is 0. The van der Waals surface area contributed by atoms with Gasteiger partial charge in [0.1, 0.15) is 11.6 Å². The van der Waals surface area contributed by atoms with Crippen LogP contribution in [0.3, 0.4) is 0 Å². The summed E-state index contributed by atoms with van der Waals surface area (Å²) in [5.74, 6) is 1.22. The molecule has 0 spiro atoms. The van der Waals surface area contributed by atoms with Crippen molar-refractivity contribution in [1.29, 1.82) is 0 Å². The maximum Gasteiger partial charge on any atom is 0.137 e. The quantitative estimate of drug-likeness (QED) is 0.803. The van der Waals surface area contributed by atoms with Crippen molar-refractivity contribution in [2.75, 3.05) is 12.8 Å². The van der Waals surface area contributed by atoms with Crippen molar-refractivity contribution >= 4 is 5.82 Å². The van der Waals surface area contributed by atoms with Crippen LogP contribution in [-0.2, 0) is 0 Å². The molecule has 2 aromatic rings. The minimum absolute atomic E-state index is 0.491. The van der Waals surface area contributed by atoms with Crippen molar-refractivity contribution in [1.82, 2.24) is 9.97 Å². The zero-order chi connectivity index (χ0) is 10.7. The number of nitrogen functional groups attached to an aromatic ring is 1. The fourth-order valence-electron chi connectivity index (χ4n) is 1.25. The van der Waals surface area contributed by atoms with Gasteiger partial charge in [0, 0.05) is 0 Å². The highest BCUT2D eigenvalue weighted by Gasteiger charge is 2.01. The molecule has 0 fully saturated rings. The highest BCUT2D eigenvalue weighted by molar-refractivity contribution is 5.56. The Morgan fingerprint density at radius 2 is 2.00 bits per heavy atom. The molecule has 0 bridgehead atoms. The average Bonchev–Trinajstić information content (AvgIpc) is 2.29. The summed E-state index contributed by atoms with van der Waals surface area (Å²) in [7, 11) is 1.61. The minimum Gasteiger partial charge on any atom is -0.495 e. The molecule has 0 amide bonds. The number of pyridine rings is 2. The van der Waals surface area contributed by atoms with Crippen molar-refractivity contribution in [3.05, 3.63) is 36.5 Å². The largest absolute Gasteiger partial charge is 0.495 e. The first kappa shape index (κ1) is 9.45. The Bertz CT molecular complexity index is 454. The second-order valence-electron chi connectivity index (χ2n) is 3.03. The van der Waals surface area contributed by atoms with Gasteiger partial charge >= 0.3 is 0 Å². The first-order chi connectivity index (χ1) is 7.29. The molecule has 0 radical (unpaired) electrons. The van der Waals surface area contributed by atoms with Crippen molar-refractivity contribution in [2.45, 2.75) is 0 Å². The summed E-state index contributed by atoms with van der Waals surface area (Å²) in [4.78, 5) is 8.39. The van der Waals surface area contributed by atoms with E-state index in [4.69, 9.17) is 10.5 Å². The van der Waals surface area contributed by atoms with Crippen LogP contribution in [0, 0.1) is 0 Å². The molecule has 2 heterocycles. The molecule has 0 unspecified atom stereocenters. The van der Waals surface area contributed by atoms with E-state index in [2.05, 4.69) is 9.97 Å². The first-order valence-corrected chi connectivity index (χ1v) is 4.52. The van der Waals surface area contributed by atoms with Crippen LogP contribution in [0.15, 0.2) is 36.5 Å². The Labute approximate surface area is 87.7 Å². The summed E-state index contributed by atoms with van der Waals surface area (Å²) in [5.41, 5.74) is 7.13. The van der Waals surface area contributed by atoms with Crippen LogP contribution in [0.5, 0.6) is 5.75 Å². The summed E-state index contributed by atoms with van der Waals surface area (Å²) in [6.07, 6.45) is 1.65. The monoisotopic (exact) mass is 201 g/mol. The number of rotatable bonds is 2. The smallest absolute Gasteiger partial charge is 0.137 e. The van der Waals surface area contributed by atoms with Crippen molar-refractivity contribution in [3.8, 4) is 17.1 Å². The molecule has 0 aliphatic carbocycles. The lowest BCUT2D eigenvalue weighted by Crippen LogP contribution is -1.93. The van der Waals surface area contributed by atoms with Crippen LogP contribution in [-0.4, -0.2) is 17.1 Å². The Kier molecular flexibility index (Phi) is 2.49. The van der Waals surface area contributed by atoms with Crippen LogP contribution in [0.2, 0.25) is 0 Å². The number of nitrogens with two attached hydrogens (primary N) is 1. The fraction of sp³-hybridized carbons (Fsp3) is 0.0909. The van der Waals surface area contributed by atoms with Crippen molar-refractivity contribution in [2.24, 2.45) is 0 Å². The Morgan fingerprint density at radius 3 is 2.60 bits per heavy atom. The van der Waals surface area contributed by atoms with Gasteiger partial charge in [-0.05, 0) is 24.3 Å². The number of nitrogens with zero attached hydrogens (tertiary/aromatic N) is 2. The minimum atomic E-state index is 0.491. The Hall–Kier alpha value is -2.10. The number of anilines is 1. The average molecular weight is 201 g/mol. The maximum atomic E-state index is 5.59. The number of hydrogen-bond donors (Lipinski definition) is 1. The summed E-state index contributed by atoms with van der Waals surface area (Å²) >= 11 is 0. The van der Waals surface area contributed by atoms with E-state index in [0.717, 1.165) is 17.1 Å². The SMILES string of the molecule is COc1ccc(-c2cccc(N)n2)nc1. The van der Waals surface area contributed by atoms with Gasteiger partial charge in [-0.2, -0.15) is 0 Å². The van der Waals surface area contributed by atoms with E-state index in [1.807, 2.05) is 24.3 Å². The van der Waals surface area contributed by atoms with Crippen molar-refractivity contribution < 1.29 is 4.74 Å². The Morgan fingerprint density at radius 1 is 1.13 bits per heavy atom. The predicted octanol–water partition coefficient (Wildman–Crippen LogP) is 1.73. The van der Waals surface area contributed by atoms with Crippen LogP contribution < -0.4 is 10.5 Å². The molecule has 0 saturated heterocycles. The van der Waals surface area contributed by atoms with Gasteiger partial charge in [0.15, 0.2) is 0 Å². The third-order valence-electron chi connectivity index (χ3n) is 2.01. The predicted molar refractivity (Wildman–Crippen MR) is 58.4 cm³/mol. The zero-order valence-electron chi connectivity index (χ0n) is 8.34. The lowest BCUT2D eigenvalue weighted by Gasteiger charge is -2.02. The third-order valence-corrected chi connectivity index (χ3v) is 2.01. The molecule has 2 N–H and O–H groups in total. The van der Waals surface area contributed by atoms with Gasteiger partial charge in [-0.15, -0.1) is 0 Å². The lowest BCUT2D eigenvalue weighted by molar-refractivity contribution is 0.413. The second-order valence-corrected chi connectivity index (χ2v) is 3.03. The third kappa shape index (κ3) is 2.04. The molecule has 76 valence electrons. The van der Waals surface area contributed by atoms with Gasteiger partial charge in [0.25, 0.3) is 0 Å². The Balaban J connectivity index is 2.37. The molecule has 0 atom stereocenters. The molecular formula is C11H11N3O. The van der Waals surface area contributed by atoms with Gasteiger partial charge in [0.2, 0.25) is 0 Å². The van der Waals surface area contributed by atoms with Gasteiger partial charge in [-0.25, -0.2) is 4.98 Å². The zero-order valence-corrected chi connectivity index (χ0v) is 8.34. The highest BCUT2D eigenvalue weighted by Crippen LogP contribution is 2.17. The molecule has 0 aromatic carbocycles. The lowest BCUT2D eigenvalue weighted by atomic mass is 10.2. The van der Waals surface area contributed by atoms with Crippen molar-refractivity contribution in [3.63, 3.8) is 0 Å². The van der Waals surface area contributed by atoms with Crippen LogP contribution in [0.25, 0.3) is 11.4 Å². The van der Waals surface area contributed by atoms with E-state index < -0.39 is 0 Å². The number of aromatic nitrogens is 2. The molecule has 2 aromatic heterocycles. The maximum absolute atomic E-state index is 5.59. The fourth-order valence-corrected chi connectivity index (χ4v) is 1.25. The summed E-state index contributed by atoms with van der Waals surface area (Å²) in [6, 6.07) is 9.15. The second kappa shape index (κ2) is 3.96. The van der Waals surface area contributed by atoms with E-state index in [1.165, 1.54) is 0 Å². The van der Waals surface area contributed by atoms with E-state index in [1.54, 1.807) is 19.4 Å². The number of methoxy groups -OCH3 is 1. The van der Waals surface area contributed by atoms with E-state index in [0.29, 0.717) is 5.82 Å². The molecule has 4 nitrogen and oxygen atoms in total. The molecule has 0 saturated carbocycles. The molecule has 2 rings (SSSR count). The van der Waals surface area contributed by atoms with Crippen LogP contribution in [0.4, 0.5) is 5.82 Å². The van der Waals surface area contributed by atoms with Gasteiger partial charge in [0.05, 0.1) is 24.7 Å². The molecule has 0 aliphatic rings. The topological polar surface area (TPSA) is 61.0 Å². The summed E-state index contributed by atoms with van der Waals surface area (Å²) in [6.45, 7) is 0. The molecule has 0 aliphatic heterocycles. The molecule has 15 heavy (non-hydrogen) atoms. The van der Waals surface area contributed by atoms with Gasteiger partial charge < -0.3 is 10.5 Å². The van der Waals surface area contributed by atoms with E-state index >= 15 is 0 Å². The molecular weight excluding hydrogens is 190 g/mol. The standard InChI is InChI=1S/C11H11N3O/c1-15-8-5-6-9(13-7-8)10-3-2-4-11(12)14-10/h2-7H,1H3,(H2,12,14). The van der Waals surface area contributed by atoms with Crippen LogP contribution in [0.1, 0.15) is 0 Å². The van der Waals surface area contributed by atoms with Gasteiger partial charge in [-0.3, -0.25) is 4.98 Å². The normalized spacial score (nSPS) is 9.93. The highest BCUT2D eigenvalue weighted by atomic mass is 16.5.